The molecule has 2 unspecified atom stereocenters. The molecule has 0 aromatic carbocycles. The maximum absolute atomic E-state index is 5.47. The van der Waals surface area contributed by atoms with Crippen LogP contribution in [-0.4, -0.2) is 21.0 Å². The maximum Gasteiger partial charge on any atom is 0.130 e. The van der Waals surface area contributed by atoms with Gasteiger partial charge in [0, 0.05) is 12.1 Å². The molecule has 1 aromatic heterocycles. The zero-order valence-electron chi connectivity index (χ0n) is 7.90. The number of hydrogen-bond acceptors (Lipinski definition) is 4. The summed E-state index contributed by atoms with van der Waals surface area (Å²) in [5.74, 6) is 1.54. The van der Waals surface area contributed by atoms with Gasteiger partial charge in [-0.15, -0.1) is 0 Å². The van der Waals surface area contributed by atoms with Crippen molar-refractivity contribution in [2.75, 3.05) is 5.32 Å². The Morgan fingerprint density at radius 2 is 2.36 bits per heavy atom. The summed E-state index contributed by atoms with van der Waals surface area (Å²) in [4.78, 5) is 8.37. The maximum atomic E-state index is 5.47. The van der Waals surface area contributed by atoms with Crippen LogP contribution in [0.4, 0.5) is 5.82 Å². The molecule has 0 saturated heterocycles. The molecule has 1 aliphatic carbocycles. The lowest BCUT2D eigenvalue weighted by Crippen LogP contribution is -2.13. The molecule has 0 radical (unpaired) electrons. The minimum atomic E-state index is 0.305. The second-order valence-electron chi connectivity index (χ2n) is 3.62. The Labute approximate surface area is 87.9 Å². The van der Waals surface area contributed by atoms with Crippen LogP contribution in [0.5, 0.6) is 0 Å². The lowest BCUT2D eigenvalue weighted by molar-refractivity contribution is 0.921. The van der Waals surface area contributed by atoms with E-state index in [1.54, 1.807) is 6.07 Å². The zero-order valence-corrected chi connectivity index (χ0v) is 8.71. The fourth-order valence-corrected chi connectivity index (χ4v) is 1.40. The van der Waals surface area contributed by atoms with Gasteiger partial charge in [-0.3, -0.25) is 0 Å². The molecule has 74 valence electrons. The summed E-state index contributed by atoms with van der Waals surface area (Å²) >= 11 is 4.83. The van der Waals surface area contributed by atoms with E-state index in [2.05, 4.69) is 22.2 Å². The minimum absolute atomic E-state index is 0.305. The average Bonchev–Trinajstić information content (AvgIpc) is 2.82. The number of nitrogens with two attached hydrogens (primary N) is 1. The predicted octanol–water partition coefficient (Wildman–Crippen LogP) is 0.931. The van der Waals surface area contributed by atoms with Crippen LogP contribution in [0.15, 0.2) is 12.4 Å². The molecule has 4 nitrogen and oxygen atoms in total. The van der Waals surface area contributed by atoms with Gasteiger partial charge in [0.15, 0.2) is 0 Å². The van der Waals surface area contributed by atoms with Gasteiger partial charge in [-0.25, -0.2) is 9.97 Å². The molecule has 1 aliphatic rings. The first kappa shape index (κ1) is 9.33. The zero-order chi connectivity index (χ0) is 10.1. The van der Waals surface area contributed by atoms with Crippen molar-refractivity contribution in [2.24, 2.45) is 11.7 Å². The first-order valence-electron chi connectivity index (χ1n) is 4.55. The molecule has 2 atom stereocenters. The fourth-order valence-electron chi connectivity index (χ4n) is 1.28. The second kappa shape index (κ2) is 3.49. The van der Waals surface area contributed by atoms with E-state index in [9.17, 15) is 0 Å². The molecule has 0 spiro atoms. The van der Waals surface area contributed by atoms with Gasteiger partial charge in [0.05, 0.1) is 0 Å². The van der Waals surface area contributed by atoms with Crippen molar-refractivity contribution >= 4 is 23.0 Å². The third kappa shape index (κ3) is 1.98. The fraction of sp³-hybridized carbons (Fsp3) is 0.444. The highest BCUT2D eigenvalue weighted by atomic mass is 32.1. The first-order chi connectivity index (χ1) is 6.66. The third-order valence-corrected chi connectivity index (χ3v) is 2.57. The summed E-state index contributed by atoms with van der Waals surface area (Å²) in [6, 6.07) is 2.33. The summed E-state index contributed by atoms with van der Waals surface area (Å²) in [5, 5.41) is 3.29. The molecule has 2 rings (SSSR count). The Balaban J connectivity index is 2.10. The van der Waals surface area contributed by atoms with Crippen LogP contribution in [0.3, 0.4) is 0 Å². The van der Waals surface area contributed by atoms with Crippen molar-refractivity contribution in [3.05, 3.63) is 18.1 Å². The Bertz CT molecular complexity index is 366. The number of anilines is 1. The van der Waals surface area contributed by atoms with Gasteiger partial charge in [0.1, 0.15) is 22.8 Å². The van der Waals surface area contributed by atoms with Gasteiger partial charge < -0.3 is 11.1 Å². The van der Waals surface area contributed by atoms with Crippen LogP contribution in [0, 0.1) is 5.92 Å². The highest BCUT2D eigenvalue weighted by Crippen LogP contribution is 2.31. The number of nitrogens with zero attached hydrogens (tertiary/aromatic N) is 2. The minimum Gasteiger partial charge on any atom is -0.388 e. The third-order valence-electron chi connectivity index (χ3n) is 2.36. The van der Waals surface area contributed by atoms with E-state index in [1.165, 1.54) is 12.7 Å². The molecular weight excluding hydrogens is 196 g/mol. The van der Waals surface area contributed by atoms with Gasteiger partial charge in [-0.2, -0.15) is 0 Å². The van der Waals surface area contributed by atoms with Crippen LogP contribution in [0.1, 0.15) is 19.0 Å². The number of rotatable bonds is 3. The van der Waals surface area contributed by atoms with Gasteiger partial charge in [-0.1, -0.05) is 19.1 Å². The summed E-state index contributed by atoms with van der Waals surface area (Å²) in [5.41, 5.74) is 6.09. The summed E-state index contributed by atoms with van der Waals surface area (Å²) in [6.45, 7) is 2.20. The van der Waals surface area contributed by atoms with E-state index in [0.717, 1.165) is 11.7 Å². The van der Waals surface area contributed by atoms with E-state index in [1.807, 2.05) is 0 Å². The summed E-state index contributed by atoms with van der Waals surface area (Å²) in [7, 11) is 0. The molecule has 1 heterocycles. The molecule has 0 amide bonds. The van der Waals surface area contributed by atoms with Crippen LogP contribution < -0.4 is 11.1 Å². The number of thiocarbonyl (C=S) groups is 1. The van der Waals surface area contributed by atoms with E-state index in [0.29, 0.717) is 16.7 Å². The van der Waals surface area contributed by atoms with Gasteiger partial charge in [0.25, 0.3) is 0 Å². The monoisotopic (exact) mass is 208 g/mol. The average molecular weight is 208 g/mol. The van der Waals surface area contributed by atoms with E-state index in [-0.39, 0.29) is 0 Å². The Kier molecular flexibility index (Phi) is 2.33. The van der Waals surface area contributed by atoms with Crippen molar-refractivity contribution in [1.29, 1.82) is 0 Å². The summed E-state index contributed by atoms with van der Waals surface area (Å²) in [6.07, 6.45) is 2.68. The predicted molar refractivity (Wildman–Crippen MR) is 59.1 cm³/mol. The number of nitrogens with one attached hydrogen (secondary N) is 1. The molecule has 14 heavy (non-hydrogen) atoms. The van der Waals surface area contributed by atoms with Crippen LogP contribution in [-0.2, 0) is 0 Å². The van der Waals surface area contributed by atoms with Crippen molar-refractivity contribution in [1.82, 2.24) is 9.97 Å². The Morgan fingerprint density at radius 3 is 2.93 bits per heavy atom. The first-order valence-corrected chi connectivity index (χ1v) is 4.96. The molecular formula is C9H12N4S. The standard InChI is InChI=1S/C9H12N4S/c1-5-2-6(5)13-8-3-7(9(10)14)11-4-12-8/h3-6H,2H2,1H3,(H2,10,14)(H,11,12,13). The lowest BCUT2D eigenvalue weighted by Gasteiger charge is -2.04. The van der Waals surface area contributed by atoms with Crippen molar-refractivity contribution in [3.8, 4) is 0 Å². The van der Waals surface area contributed by atoms with Gasteiger partial charge >= 0.3 is 0 Å². The largest absolute Gasteiger partial charge is 0.388 e. The van der Waals surface area contributed by atoms with E-state index >= 15 is 0 Å². The smallest absolute Gasteiger partial charge is 0.130 e. The quantitative estimate of drug-likeness (QED) is 0.723. The van der Waals surface area contributed by atoms with E-state index in [4.69, 9.17) is 18.0 Å². The van der Waals surface area contributed by atoms with Crippen molar-refractivity contribution < 1.29 is 0 Å². The molecule has 0 aliphatic heterocycles. The molecule has 5 heteroatoms. The molecule has 1 fully saturated rings. The van der Waals surface area contributed by atoms with Crippen LogP contribution in [0.2, 0.25) is 0 Å². The van der Waals surface area contributed by atoms with Gasteiger partial charge in [0.2, 0.25) is 0 Å². The van der Waals surface area contributed by atoms with Gasteiger partial charge in [-0.05, 0) is 12.3 Å². The normalized spacial score (nSPS) is 24.4. The van der Waals surface area contributed by atoms with Crippen molar-refractivity contribution in [3.63, 3.8) is 0 Å². The Morgan fingerprint density at radius 1 is 1.64 bits per heavy atom. The lowest BCUT2D eigenvalue weighted by atomic mass is 10.4. The highest BCUT2D eigenvalue weighted by Gasteiger charge is 2.32. The topological polar surface area (TPSA) is 63.8 Å². The summed E-state index contributed by atoms with van der Waals surface area (Å²) < 4.78 is 0. The molecule has 0 bridgehead atoms. The number of hydrogen-bond donors (Lipinski definition) is 2. The SMILES string of the molecule is CC1CC1Nc1cc(C(N)=S)ncn1. The highest BCUT2D eigenvalue weighted by molar-refractivity contribution is 7.80. The number of aromatic nitrogens is 2. The molecule has 1 aromatic rings. The van der Waals surface area contributed by atoms with Crippen molar-refractivity contribution in [2.45, 2.75) is 19.4 Å². The second-order valence-corrected chi connectivity index (χ2v) is 4.06. The van der Waals surface area contributed by atoms with Crippen LogP contribution in [0.25, 0.3) is 0 Å². The van der Waals surface area contributed by atoms with Crippen LogP contribution >= 0.6 is 12.2 Å². The Hall–Kier alpha value is -1.23. The molecule has 1 saturated carbocycles. The van der Waals surface area contributed by atoms with E-state index < -0.39 is 0 Å². The molecule has 3 N–H and O–H groups in total.